The first-order chi connectivity index (χ1) is 9.90. The molecule has 0 bridgehead atoms. The van der Waals surface area contributed by atoms with E-state index in [1.54, 1.807) is 0 Å². The lowest BCUT2D eigenvalue weighted by Crippen LogP contribution is -2.40. The van der Waals surface area contributed by atoms with Crippen molar-refractivity contribution in [1.29, 1.82) is 0 Å². The van der Waals surface area contributed by atoms with E-state index >= 15 is 0 Å². The molecule has 0 saturated carbocycles. The normalized spacial score (nSPS) is 9.86. The Balaban J connectivity index is 2.33. The van der Waals surface area contributed by atoms with Crippen LogP contribution in [-0.4, -0.2) is 37.4 Å². The lowest BCUT2D eigenvalue weighted by molar-refractivity contribution is -0.121. The molecule has 0 aliphatic rings. The van der Waals surface area contributed by atoms with Gasteiger partial charge in [0.05, 0.1) is 16.6 Å². The summed E-state index contributed by atoms with van der Waals surface area (Å²) < 4.78 is 0. The maximum Gasteiger partial charge on any atom is 0.251 e. The monoisotopic (exact) mass is 331 g/mol. The number of benzene rings is 1. The first-order valence-corrected chi connectivity index (χ1v) is 6.90. The fourth-order valence-corrected chi connectivity index (χ4v) is 1.70. The third kappa shape index (κ3) is 6.46. The second-order valence-electron chi connectivity index (χ2n) is 4.14. The SMILES string of the molecule is CC(=O)NCCNC(=O)CNC(=O)c1ccc(Cl)c(Cl)c1. The summed E-state index contributed by atoms with van der Waals surface area (Å²) in [5.41, 5.74) is 0.315. The number of carbonyl (C=O) groups is 3. The van der Waals surface area contributed by atoms with Gasteiger partial charge < -0.3 is 16.0 Å². The quantitative estimate of drug-likeness (QED) is 0.679. The van der Waals surface area contributed by atoms with Crippen LogP contribution in [0.4, 0.5) is 0 Å². The molecule has 1 aromatic rings. The van der Waals surface area contributed by atoms with Crippen molar-refractivity contribution in [2.24, 2.45) is 0 Å². The topological polar surface area (TPSA) is 87.3 Å². The molecule has 3 amide bonds. The standard InChI is InChI=1S/C13H15Cl2N3O3/c1-8(19)16-4-5-17-12(20)7-18-13(21)9-2-3-10(14)11(15)6-9/h2-3,6H,4-5,7H2,1H3,(H,16,19)(H,17,20)(H,18,21). The van der Waals surface area contributed by atoms with Crippen LogP contribution < -0.4 is 16.0 Å². The predicted molar refractivity (Wildman–Crippen MR) is 80.5 cm³/mol. The number of hydrogen-bond acceptors (Lipinski definition) is 3. The van der Waals surface area contributed by atoms with Crippen LogP contribution in [0.5, 0.6) is 0 Å². The van der Waals surface area contributed by atoms with Gasteiger partial charge in [0.2, 0.25) is 11.8 Å². The minimum Gasteiger partial charge on any atom is -0.355 e. The lowest BCUT2D eigenvalue weighted by atomic mass is 10.2. The molecule has 0 radical (unpaired) electrons. The van der Waals surface area contributed by atoms with Crippen LogP contribution in [0.25, 0.3) is 0 Å². The third-order valence-corrected chi connectivity index (χ3v) is 3.15. The molecular weight excluding hydrogens is 317 g/mol. The van der Waals surface area contributed by atoms with Crippen LogP contribution in [0.1, 0.15) is 17.3 Å². The molecule has 3 N–H and O–H groups in total. The second-order valence-corrected chi connectivity index (χ2v) is 4.96. The van der Waals surface area contributed by atoms with Gasteiger partial charge in [-0.1, -0.05) is 23.2 Å². The summed E-state index contributed by atoms with van der Waals surface area (Å²) >= 11 is 11.6. The Morgan fingerprint density at radius 1 is 1.00 bits per heavy atom. The van der Waals surface area contributed by atoms with Crippen LogP contribution >= 0.6 is 23.2 Å². The van der Waals surface area contributed by atoms with Crippen molar-refractivity contribution in [3.05, 3.63) is 33.8 Å². The molecule has 0 spiro atoms. The molecule has 0 unspecified atom stereocenters. The Hall–Kier alpha value is -1.79. The van der Waals surface area contributed by atoms with Gasteiger partial charge in [-0.25, -0.2) is 0 Å². The summed E-state index contributed by atoms with van der Waals surface area (Å²) in [5.74, 6) is -0.948. The summed E-state index contributed by atoms with van der Waals surface area (Å²) in [7, 11) is 0. The van der Waals surface area contributed by atoms with Gasteiger partial charge in [0.15, 0.2) is 0 Å². The average molecular weight is 332 g/mol. The number of nitrogens with one attached hydrogen (secondary N) is 3. The minimum absolute atomic E-state index is 0.168. The van der Waals surface area contributed by atoms with E-state index in [0.717, 1.165) is 0 Å². The van der Waals surface area contributed by atoms with E-state index in [-0.39, 0.29) is 23.4 Å². The molecule has 21 heavy (non-hydrogen) atoms. The first-order valence-electron chi connectivity index (χ1n) is 6.14. The van der Waals surface area contributed by atoms with Crippen molar-refractivity contribution in [1.82, 2.24) is 16.0 Å². The molecule has 0 saturated heterocycles. The van der Waals surface area contributed by atoms with Crippen LogP contribution in [-0.2, 0) is 9.59 Å². The van der Waals surface area contributed by atoms with E-state index in [9.17, 15) is 14.4 Å². The van der Waals surface area contributed by atoms with Gasteiger partial charge in [-0.2, -0.15) is 0 Å². The van der Waals surface area contributed by atoms with E-state index in [2.05, 4.69) is 16.0 Å². The highest BCUT2D eigenvalue weighted by Crippen LogP contribution is 2.22. The van der Waals surface area contributed by atoms with Gasteiger partial charge >= 0.3 is 0 Å². The van der Waals surface area contributed by atoms with E-state index in [1.165, 1.54) is 25.1 Å². The number of amides is 3. The second kappa shape index (κ2) is 8.49. The van der Waals surface area contributed by atoms with E-state index in [0.29, 0.717) is 23.7 Å². The summed E-state index contributed by atoms with van der Waals surface area (Å²) in [4.78, 5) is 33.9. The van der Waals surface area contributed by atoms with E-state index in [1.807, 2.05) is 0 Å². The number of carbonyl (C=O) groups excluding carboxylic acids is 3. The van der Waals surface area contributed by atoms with E-state index in [4.69, 9.17) is 23.2 Å². The zero-order valence-corrected chi connectivity index (χ0v) is 12.8. The highest BCUT2D eigenvalue weighted by Gasteiger charge is 2.09. The summed E-state index contributed by atoms with van der Waals surface area (Å²) in [5, 5.41) is 8.16. The van der Waals surface area contributed by atoms with Crippen molar-refractivity contribution in [3.63, 3.8) is 0 Å². The van der Waals surface area contributed by atoms with Crippen molar-refractivity contribution >= 4 is 40.9 Å². The highest BCUT2D eigenvalue weighted by atomic mass is 35.5. The lowest BCUT2D eigenvalue weighted by Gasteiger charge is -2.07. The van der Waals surface area contributed by atoms with Gasteiger partial charge in [0.1, 0.15) is 0 Å². The van der Waals surface area contributed by atoms with Crippen molar-refractivity contribution in [2.75, 3.05) is 19.6 Å². The molecule has 0 atom stereocenters. The Labute approximate surface area is 132 Å². The summed E-state index contributed by atoms with van der Waals surface area (Å²) in [6.45, 7) is 1.85. The van der Waals surface area contributed by atoms with Crippen molar-refractivity contribution in [3.8, 4) is 0 Å². The molecular formula is C13H15Cl2N3O3. The molecule has 6 nitrogen and oxygen atoms in total. The van der Waals surface area contributed by atoms with Crippen LogP contribution in [0.3, 0.4) is 0 Å². The zero-order chi connectivity index (χ0) is 15.8. The Morgan fingerprint density at radius 2 is 1.67 bits per heavy atom. The fraction of sp³-hybridized carbons (Fsp3) is 0.308. The third-order valence-electron chi connectivity index (χ3n) is 2.41. The Bertz CT molecular complexity index is 549. The maximum absolute atomic E-state index is 11.8. The van der Waals surface area contributed by atoms with Gasteiger partial charge in [-0.05, 0) is 18.2 Å². The predicted octanol–water partition coefficient (Wildman–Crippen LogP) is 0.975. The number of rotatable bonds is 6. The molecule has 0 fully saturated rings. The van der Waals surface area contributed by atoms with Gasteiger partial charge in [0.25, 0.3) is 5.91 Å². The number of hydrogen-bond donors (Lipinski definition) is 3. The Morgan fingerprint density at radius 3 is 2.29 bits per heavy atom. The molecule has 1 rings (SSSR count). The first kappa shape index (κ1) is 17.3. The molecule has 8 heteroatoms. The summed E-state index contributed by atoms with van der Waals surface area (Å²) in [6, 6.07) is 4.44. The van der Waals surface area contributed by atoms with Gasteiger partial charge in [-0.3, -0.25) is 14.4 Å². The minimum atomic E-state index is -0.425. The van der Waals surface area contributed by atoms with Gasteiger partial charge in [0, 0.05) is 25.6 Å². The zero-order valence-electron chi connectivity index (χ0n) is 11.3. The largest absolute Gasteiger partial charge is 0.355 e. The van der Waals surface area contributed by atoms with Crippen LogP contribution in [0.2, 0.25) is 10.0 Å². The average Bonchev–Trinajstić information content (AvgIpc) is 2.43. The smallest absolute Gasteiger partial charge is 0.251 e. The molecule has 0 aliphatic heterocycles. The van der Waals surface area contributed by atoms with Gasteiger partial charge in [-0.15, -0.1) is 0 Å². The summed E-state index contributed by atoms with van der Waals surface area (Å²) in [6.07, 6.45) is 0. The molecule has 114 valence electrons. The van der Waals surface area contributed by atoms with E-state index < -0.39 is 5.91 Å². The fourth-order valence-electron chi connectivity index (χ4n) is 1.40. The number of halogens is 2. The molecule has 0 aliphatic carbocycles. The maximum atomic E-state index is 11.8. The van der Waals surface area contributed by atoms with Crippen LogP contribution in [0, 0.1) is 0 Å². The molecule has 0 aromatic heterocycles. The van der Waals surface area contributed by atoms with Crippen LogP contribution in [0.15, 0.2) is 18.2 Å². The molecule has 0 heterocycles. The van der Waals surface area contributed by atoms with Crippen molar-refractivity contribution in [2.45, 2.75) is 6.92 Å². The Kier molecular flexibility index (Phi) is 6.98. The van der Waals surface area contributed by atoms with Crippen molar-refractivity contribution < 1.29 is 14.4 Å². The molecule has 1 aromatic carbocycles. The highest BCUT2D eigenvalue weighted by molar-refractivity contribution is 6.42.